The molecule has 0 atom stereocenters. The van der Waals surface area contributed by atoms with Crippen molar-refractivity contribution in [2.75, 3.05) is 0 Å². The largest absolute Gasteiger partial charge is 0.0885 e. The second-order valence-corrected chi connectivity index (χ2v) is 5.08. The highest BCUT2D eigenvalue weighted by Crippen LogP contribution is 2.10. The van der Waals surface area contributed by atoms with E-state index in [0.29, 0.717) is 0 Å². The van der Waals surface area contributed by atoms with Crippen molar-refractivity contribution < 1.29 is 0 Å². The van der Waals surface area contributed by atoms with Gasteiger partial charge in [0.2, 0.25) is 0 Å². The summed E-state index contributed by atoms with van der Waals surface area (Å²) in [5, 5.41) is 0. The van der Waals surface area contributed by atoms with E-state index in [1.54, 1.807) is 0 Å². The van der Waals surface area contributed by atoms with Crippen molar-refractivity contribution in [3.63, 3.8) is 0 Å². The fourth-order valence-electron chi connectivity index (χ4n) is 2.07. The van der Waals surface area contributed by atoms with E-state index in [-0.39, 0.29) is 0 Å². The molecule has 0 unspecified atom stereocenters. The van der Waals surface area contributed by atoms with Crippen LogP contribution in [0.2, 0.25) is 0 Å². The summed E-state index contributed by atoms with van der Waals surface area (Å²) in [5.41, 5.74) is 0. The zero-order valence-electron chi connectivity index (χ0n) is 12.1. The highest BCUT2D eigenvalue weighted by molar-refractivity contribution is 4.81. The lowest BCUT2D eigenvalue weighted by Gasteiger charge is -1.99. The van der Waals surface area contributed by atoms with Gasteiger partial charge in [-0.25, -0.2) is 0 Å². The Morgan fingerprint density at radius 2 is 1.12 bits per heavy atom. The summed E-state index contributed by atoms with van der Waals surface area (Å²) in [4.78, 5) is 0. The van der Waals surface area contributed by atoms with Gasteiger partial charge in [-0.2, -0.15) is 0 Å². The number of allylic oxidation sites excluding steroid dienone is 2. The molecular weight excluding hydrogens is 204 g/mol. The van der Waals surface area contributed by atoms with E-state index in [4.69, 9.17) is 0 Å². The summed E-state index contributed by atoms with van der Waals surface area (Å²) in [6.07, 6.45) is 22.4. The first kappa shape index (κ1) is 16.7. The minimum atomic E-state index is 1.11. The number of unbranched alkanes of at least 4 members (excludes halogenated alkanes) is 11. The van der Waals surface area contributed by atoms with Gasteiger partial charge in [-0.15, -0.1) is 0 Å². The summed E-state index contributed by atoms with van der Waals surface area (Å²) >= 11 is 0. The van der Waals surface area contributed by atoms with Crippen LogP contribution in [0, 0.1) is 6.92 Å². The molecule has 0 rings (SSSR count). The summed E-state index contributed by atoms with van der Waals surface area (Å²) in [6.45, 7) is 6.14. The first-order valence-corrected chi connectivity index (χ1v) is 7.86. The third kappa shape index (κ3) is 15.7. The SMILES string of the molecule is [CH2]CCCCCCCCC/C=C/CCCCC. The molecule has 0 aliphatic heterocycles. The molecule has 0 saturated heterocycles. The molecule has 0 aromatic carbocycles. The summed E-state index contributed by atoms with van der Waals surface area (Å²) in [6, 6.07) is 0. The highest BCUT2D eigenvalue weighted by atomic mass is 14.0. The Hall–Kier alpha value is -0.260. The maximum atomic E-state index is 3.87. The third-order valence-electron chi connectivity index (χ3n) is 3.26. The molecule has 0 bridgehead atoms. The fraction of sp³-hybridized carbons (Fsp3) is 0.824. The Morgan fingerprint density at radius 3 is 1.65 bits per heavy atom. The fourth-order valence-corrected chi connectivity index (χ4v) is 2.07. The lowest BCUT2D eigenvalue weighted by Crippen LogP contribution is -1.80. The Kier molecular flexibility index (Phi) is 15.5. The predicted octanol–water partition coefficient (Wildman–Crippen LogP) is 6.47. The molecule has 0 aliphatic rings. The molecule has 0 aliphatic carbocycles. The lowest BCUT2D eigenvalue weighted by molar-refractivity contribution is 0.583. The molecule has 101 valence electrons. The van der Waals surface area contributed by atoms with Gasteiger partial charge in [0.05, 0.1) is 0 Å². The highest BCUT2D eigenvalue weighted by Gasteiger charge is 1.90. The van der Waals surface area contributed by atoms with Crippen LogP contribution in [0.3, 0.4) is 0 Å². The molecule has 17 heavy (non-hydrogen) atoms. The Labute approximate surface area is 110 Å². The number of hydrogen-bond acceptors (Lipinski definition) is 0. The second kappa shape index (κ2) is 15.7. The van der Waals surface area contributed by atoms with Gasteiger partial charge in [-0.1, -0.05) is 83.8 Å². The van der Waals surface area contributed by atoms with E-state index in [1.165, 1.54) is 77.0 Å². The molecule has 0 fully saturated rings. The Balaban J connectivity index is 2.97. The van der Waals surface area contributed by atoms with Crippen LogP contribution >= 0.6 is 0 Å². The molecule has 0 aromatic heterocycles. The van der Waals surface area contributed by atoms with Crippen molar-refractivity contribution in [1.29, 1.82) is 0 Å². The van der Waals surface area contributed by atoms with Crippen molar-refractivity contribution in [2.45, 2.75) is 90.4 Å². The van der Waals surface area contributed by atoms with Crippen molar-refractivity contribution >= 4 is 0 Å². The molecule has 1 radical (unpaired) electrons. The second-order valence-electron chi connectivity index (χ2n) is 5.08. The average Bonchev–Trinajstić information content (AvgIpc) is 2.35. The minimum Gasteiger partial charge on any atom is -0.0885 e. The lowest BCUT2D eigenvalue weighted by atomic mass is 10.1. The van der Waals surface area contributed by atoms with E-state index in [0.717, 1.165) is 6.42 Å². The first-order valence-electron chi connectivity index (χ1n) is 7.86. The first-order chi connectivity index (χ1) is 8.41. The molecule has 0 saturated carbocycles. The number of rotatable bonds is 13. The Bertz CT molecular complexity index is 146. The van der Waals surface area contributed by atoms with Crippen LogP contribution in [-0.4, -0.2) is 0 Å². The van der Waals surface area contributed by atoms with Gasteiger partial charge in [0.15, 0.2) is 0 Å². The topological polar surface area (TPSA) is 0 Å². The summed E-state index contributed by atoms with van der Waals surface area (Å²) in [5.74, 6) is 0. The van der Waals surface area contributed by atoms with Gasteiger partial charge in [0.1, 0.15) is 0 Å². The van der Waals surface area contributed by atoms with Gasteiger partial charge >= 0.3 is 0 Å². The molecule has 0 aromatic rings. The molecule has 0 amide bonds. The molecular formula is C17H33. The van der Waals surface area contributed by atoms with E-state index in [1.807, 2.05) is 0 Å². The average molecular weight is 237 g/mol. The maximum absolute atomic E-state index is 3.87. The van der Waals surface area contributed by atoms with Crippen LogP contribution in [0.4, 0.5) is 0 Å². The van der Waals surface area contributed by atoms with Crippen LogP contribution in [-0.2, 0) is 0 Å². The van der Waals surface area contributed by atoms with Crippen molar-refractivity contribution in [1.82, 2.24) is 0 Å². The number of hydrogen-bond donors (Lipinski definition) is 0. The van der Waals surface area contributed by atoms with Gasteiger partial charge in [-0.3, -0.25) is 0 Å². The third-order valence-corrected chi connectivity index (χ3v) is 3.26. The van der Waals surface area contributed by atoms with Gasteiger partial charge in [-0.05, 0) is 25.7 Å². The molecule has 0 spiro atoms. The van der Waals surface area contributed by atoms with Gasteiger partial charge in [0.25, 0.3) is 0 Å². The van der Waals surface area contributed by atoms with E-state index >= 15 is 0 Å². The Morgan fingerprint density at radius 1 is 0.647 bits per heavy atom. The monoisotopic (exact) mass is 237 g/mol. The summed E-state index contributed by atoms with van der Waals surface area (Å²) in [7, 11) is 0. The van der Waals surface area contributed by atoms with Crippen molar-refractivity contribution in [3.8, 4) is 0 Å². The van der Waals surface area contributed by atoms with Crippen LogP contribution in [0.1, 0.15) is 90.4 Å². The van der Waals surface area contributed by atoms with E-state index < -0.39 is 0 Å². The van der Waals surface area contributed by atoms with Crippen molar-refractivity contribution in [3.05, 3.63) is 19.1 Å². The zero-order valence-corrected chi connectivity index (χ0v) is 12.1. The van der Waals surface area contributed by atoms with Gasteiger partial charge in [0, 0.05) is 0 Å². The zero-order chi connectivity index (χ0) is 12.6. The van der Waals surface area contributed by atoms with Gasteiger partial charge < -0.3 is 0 Å². The van der Waals surface area contributed by atoms with Crippen molar-refractivity contribution in [2.24, 2.45) is 0 Å². The summed E-state index contributed by atoms with van der Waals surface area (Å²) < 4.78 is 0. The quantitative estimate of drug-likeness (QED) is 0.254. The molecule has 0 nitrogen and oxygen atoms in total. The van der Waals surface area contributed by atoms with Crippen LogP contribution < -0.4 is 0 Å². The van der Waals surface area contributed by atoms with E-state index in [9.17, 15) is 0 Å². The molecule has 0 heteroatoms. The minimum absolute atomic E-state index is 1.11. The molecule has 0 N–H and O–H groups in total. The normalized spacial score (nSPS) is 11.4. The van der Waals surface area contributed by atoms with E-state index in [2.05, 4.69) is 26.0 Å². The predicted molar refractivity (Wildman–Crippen MR) is 80.2 cm³/mol. The van der Waals surface area contributed by atoms with Crippen LogP contribution in [0.15, 0.2) is 12.2 Å². The maximum Gasteiger partial charge on any atom is -0.0351 e. The molecule has 0 heterocycles. The van der Waals surface area contributed by atoms with Crippen LogP contribution in [0.5, 0.6) is 0 Å². The smallest absolute Gasteiger partial charge is 0.0351 e. The van der Waals surface area contributed by atoms with Crippen LogP contribution in [0.25, 0.3) is 0 Å². The standard InChI is InChI=1S/C17H33/c1-3-5-7-9-11-13-15-17-16-14-12-10-8-6-4-2/h12,14H,1,3-11,13,15-17H2,2H3/b14-12+.